The lowest BCUT2D eigenvalue weighted by molar-refractivity contribution is -0.147. The molecule has 0 N–H and O–H groups in total. The molecule has 0 saturated carbocycles. The van der Waals surface area contributed by atoms with Crippen LogP contribution in [0.15, 0.2) is 48.5 Å². The van der Waals surface area contributed by atoms with E-state index in [0.717, 1.165) is 6.42 Å². The Morgan fingerprint density at radius 2 is 1.78 bits per heavy atom. The highest BCUT2D eigenvalue weighted by atomic mass is 16.5. The monoisotopic (exact) mass is 439 g/mol. The third kappa shape index (κ3) is 5.51. The van der Waals surface area contributed by atoms with Crippen molar-refractivity contribution in [2.75, 3.05) is 31.8 Å². The van der Waals surface area contributed by atoms with Crippen LogP contribution in [0.5, 0.6) is 5.75 Å². The Morgan fingerprint density at radius 1 is 1.03 bits per heavy atom. The van der Waals surface area contributed by atoms with Crippen LogP contribution in [-0.4, -0.2) is 50.5 Å². The number of hydrogen-bond acceptors (Lipinski definition) is 7. The quantitative estimate of drug-likeness (QED) is 0.437. The van der Waals surface area contributed by atoms with Gasteiger partial charge in [0.25, 0.3) is 0 Å². The molecule has 0 radical (unpaired) electrons. The lowest BCUT2D eigenvalue weighted by Crippen LogP contribution is -2.27. The van der Waals surface area contributed by atoms with Gasteiger partial charge >= 0.3 is 11.9 Å². The molecule has 32 heavy (non-hydrogen) atoms. The first-order valence-electron chi connectivity index (χ1n) is 10.3. The molecule has 8 nitrogen and oxygen atoms in total. The highest BCUT2D eigenvalue weighted by Crippen LogP contribution is 2.26. The zero-order chi connectivity index (χ0) is 23.1. The van der Waals surface area contributed by atoms with Crippen molar-refractivity contribution in [3.8, 4) is 5.75 Å². The summed E-state index contributed by atoms with van der Waals surface area (Å²) in [7, 11) is 1.50. The summed E-state index contributed by atoms with van der Waals surface area (Å²) < 4.78 is 15.3. The molecule has 1 fully saturated rings. The van der Waals surface area contributed by atoms with Crippen LogP contribution < -0.4 is 9.64 Å². The third-order valence-corrected chi connectivity index (χ3v) is 5.05. The number of Topliss-reactive ketones (excluding diaryl/α,β-unsaturated/α-hetero) is 1. The fourth-order valence-electron chi connectivity index (χ4n) is 3.30. The Balaban J connectivity index is 1.56. The molecule has 0 aliphatic carbocycles. The number of carbonyl (C=O) groups excluding carboxylic acids is 4. The van der Waals surface area contributed by atoms with E-state index in [1.165, 1.54) is 12.0 Å². The number of amides is 1. The van der Waals surface area contributed by atoms with E-state index < -0.39 is 24.5 Å². The smallest absolute Gasteiger partial charge is 0.338 e. The summed E-state index contributed by atoms with van der Waals surface area (Å²) >= 11 is 0. The Kier molecular flexibility index (Phi) is 7.59. The minimum absolute atomic E-state index is 0.00746. The fraction of sp³-hybridized carbons (Fsp3) is 0.333. The van der Waals surface area contributed by atoms with Crippen molar-refractivity contribution in [2.45, 2.75) is 19.8 Å². The van der Waals surface area contributed by atoms with E-state index in [0.29, 0.717) is 29.2 Å². The first-order valence-corrected chi connectivity index (χ1v) is 10.3. The molecule has 1 unspecified atom stereocenters. The molecule has 2 aromatic rings. The summed E-state index contributed by atoms with van der Waals surface area (Å²) in [5.41, 5.74) is 1.34. The van der Waals surface area contributed by atoms with Gasteiger partial charge in [0.15, 0.2) is 12.4 Å². The van der Waals surface area contributed by atoms with Gasteiger partial charge in [0.1, 0.15) is 5.75 Å². The van der Waals surface area contributed by atoms with Gasteiger partial charge in [-0.05, 0) is 42.8 Å². The Bertz CT molecular complexity index is 1000. The van der Waals surface area contributed by atoms with Crippen molar-refractivity contribution >= 4 is 29.3 Å². The standard InChI is InChI=1S/C24H25NO7/c1-3-11-31-23(28)16-7-9-19(10-8-16)25-14-18(13-22(25)27)24(29)32-15-21(26)17-5-4-6-20(12-17)30-2/h4-10,12,18H,3,11,13-15H2,1-2H3. The van der Waals surface area contributed by atoms with E-state index in [1.807, 2.05) is 6.92 Å². The van der Waals surface area contributed by atoms with Gasteiger partial charge in [-0.2, -0.15) is 0 Å². The van der Waals surface area contributed by atoms with E-state index in [4.69, 9.17) is 14.2 Å². The first kappa shape index (κ1) is 23.0. The zero-order valence-electron chi connectivity index (χ0n) is 18.0. The van der Waals surface area contributed by atoms with Crippen molar-refractivity contribution in [3.05, 3.63) is 59.7 Å². The van der Waals surface area contributed by atoms with Gasteiger partial charge in [0.2, 0.25) is 5.91 Å². The number of carbonyl (C=O) groups is 4. The average molecular weight is 439 g/mol. The topological polar surface area (TPSA) is 99.2 Å². The predicted molar refractivity (Wildman–Crippen MR) is 116 cm³/mol. The average Bonchev–Trinajstić information content (AvgIpc) is 3.22. The van der Waals surface area contributed by atoms with Crippen molar-refractivity contribution in [3.63, 3.8) is 0 Å². The van der Waals surface area contributed by atoms with Crippen LogP contribution in [0, 0.1) is 5.92 Å². The molecular formula is C24H25NO7. The number of nitrogens with zero attached hydrogens (tertiary/aromatic N) is 1. The SMILES string of the molecule is CCCOC(=O)c1ccc(N2CC(C(=O)OCC(=O)c3cccc(OC)c3)CC2=O)cc1. The molecule has 1 aliphatic rings. The van der Waals surface area contributed by atoms with Crippen molar-refractivity contribution < 1.29 is 33.4 Å². The molecule has 3 rings (SSSR count). The second kappa shape index (κ2) is 10.6. The van der Waals surface area contributed by atoms with Crippen LogP contribution in [0.4, 0.5) is 5.69 Å². The molecule has 1 saturated heterocycles. The molecule has 1 heterocycles. The maximum Gasteiger partial charge on any atom is 0.338 e. The summed E-state index contributed by atoms with van der Waals surface area (Å²) in [6.07, 6.45) is 0.723. The number of hydrogen-bond donors (Lipinski definition) is 0. The molecule has 1 atom stereocenters. The van der Waals surface area contributed by atoms with Gasteiger partial charge in [-0.1, -0.05) is 19.1 Å². The van der Waals surface area contributed by atoms with Gasteiger partial charge in [-0.25, -0.2) is 4.79 Å². The largest absolute Gasteiger partial charge is 0.497 e. The lowest BCUT2D eigenvalue weighted by Gasteiger charge is -2.17. The lowest BCUT2D eigenvalue weighted by atomic mass is 10.1. The number of anilines is 1. The van der Waals surface area contributed by atoms with E-state index >= 15 is 0 Å². The van der Waals surface area contributed by atoms with Crippen molar-refractivity contribution in [2.24, 2.45) is 5.92 Å². The molecule has 0 aromatic heterocycles. The maximum absolute atomic E-state index is 12.4. The van der Waals surface area contributed by atoms with E-state index in [2.05, 4.69) is 0 Å². The number of rotatable bonds is 9. The number of esters is 2. The number of ether oxygens (including phenoxy) is 3. The second-order valence-corrected chi connectivity index (χ2v) is 7.35. The Hall–Kier alpha value is -3.68. The van der Waals surface area contributed by atoms with Crippen LogP contribution in [0.2, 0.25) is 0 Å². The van der Waals surface area contributed by atoms with Crippen LogP contribution in [0.3, 0.4) is 0 Å². The van der Waals surface area contributed by atoms with Gasteiger partial charge in [0, 0.05) is 24.2 Å². The second-order valence-electron chi connectivity index (χ2n) is 7.35. The fourth-order valence-corrected chi connectivity index (χ4v) is 3.30. The summed E-state index contributed by atoms with van der Waals surface area (Å²) in [6.45, 7) is 1.98. The van der Waals surface area contributed by atoms with E-state index in [1.54, 1.807) is 48.5 Å². The summed E-state index contributed by atoms with van der Waals surface area (Å²) in [6, 6.07) is 13.0. The van der Waals surface area contributed by atoms with Crippen LogP contribution in [0.1, 0.15) is 40.5 Å². The molecule has 1 amide bonds. The predicted octanol–water partition coefficient (Wildman–Crippen LogP) is 3.04. The van der Waals surface area contributed by atoms with E-state index in [-0.39, 0.29) is 24.7 Å². The highest BCUT2D eigenvalue weighted by molar-refractivity contribution is 6.01. The van der Waals surface area contributed by atoms with Crippen LogP contribution >= 0.6 is 0 Å². The molecule has 2 aromatic carbocycles. The molecular weight excluding hydrogens is 414 g/mol. The maximum atomic E-state index is 12.4. The van der Waals surface area contributed by atoms with Crippen molar-refractivity contribution in [1.82, 2.24) is 0 Å². The number of benzene rings is 2. The Labute approximate surface area is 186 Å². The van der Waals surface area contributed by atoms with E-state index in [9.17, 15) is 19.2 Å². The van der Waals surface area contributed by atoms with Gasteiger partial charge < -0.3 is 19.1 Å². The van der Waals surface area contributed by atoms with Gasteiger partial charge in [0.05, 0.1) is 25.2 Å². The molecule has 8 heteroatoms. The normalized spacial score (nSPS) is 15.4. The highest BCUT2D eigenvalue weighted by Gasteiger charge is 2.36. The van der Waals surface area contributed by atoms with Gasteiger partial charge in [-0.15, -0.1) is 0 Å². The zero-order valence-corrected chi connectivity index (χ0v) is 18.0. The first-order chi connectivity index (χ1) is 15.4. The molecule has 0 bridgehead atoms. The summed E-state index contributed by atoms with van der Waals surface area (Å²) in [4.78, 5) is 50.5. The number of methoxy groups -OCH3 is 1. The van der Waals surface area contributed by atoms with Gasteiger partial charge in [-0.3, -0.25) is 14.4 Å². The minimum atomic E-state index is -0.671. The third-order valence-electron chi connectivity index (χ3n) is 5.05. The molecule has 0 spiro atoms. The summed E-state index contributed by atoms with van der Waals surface area (Å²) in [5, 5.41) is 0. The van der Waals surface area contributed by atoms with Crippen LogP contribution in [0.25, 0.3) is 0 Å². The molecule has 168 valence electrons. The van der Waals surface area contributed by atoms with Crippen molar-refractivity contribution in [1.29, 1.82) is 0 Å². The number of ketones is 1. The molecule has 1 aliphatic heterocycles. The minimum Gasteiger partial charge on any atom is -0.497 e. The van der Waals surface area contributed by atoms with Crippen LogP contribution in [-0.2, 0) is 19.1 Å². The summed E-state index contributed by atoms with van der Waals surface area (Å²) in [5.74, 6) is -1.75. The Morgan fingerprint density at radius 3 is 2.47 bits per heavy atom.